The number of rotatable bonds is 5. The summed E-state index contributed by atoms with van der Waals surface area (Å²) in [5.74, 6) is -1.09. The summed E-state index contributed by atoms with van der Waals surface area (Å²) in [5, 5.41) is 0. The third kappa shape index (κ3) is 4.17. The predicted octanol–water partition coefficient (Wildman–Crippen LogP) is 2.57. The second kappa shape index (κ2) is 8.51. The normalized spacial score (nSPS) is 14.8. The molecule has 1 aliphatic rings. The largest absolute Gasteiger partial charge is 0.466 e. The molecule has 27 heavy (non-hydrogen) atoms. The molecule has 0 N–H and O–H groups in total. The van der Waals surface area contributed by atoms with Gasteiger partial charge in [-0.1, -0.05) is 48.5 Å². The van der Waals surface area contributed by atoms with Crippen LogP contribution in [0.4, 0.5) is 5.69 Å². The molecule has 0 bridgehead atoms. The summed E-state index contributed by atoms with van der Waals surface area (Å²) >= 11 is 0. The molecular weight excluding hydrogens is 344 g/mol. The van der Waals surface area contributed by atoms with Crippen LogP contribution in [0.5, 0.6) is 0 Å². The molecule has 0 aliphatic carbocycles. The number of carbonyl (C=O) groups is 2. The second-order valence-electron chi connectivity index (χ2n) is 6.19. The highest BCUT2D eigenvalue weighted by atomic mass is 16.5. The van der Waals surface area contributed by atoms with Crippen LogP contribution in [0.25, 0.3) is 0 Å². The number of hydrogen-bond acceptors (Lipinski definition) is 6. The number of nitrogens with zero attached hydrogens (tertiary/aromatic N) is 2. The lowest BCUT2D eigenvalue weighted by Gasteiger charge is -2.38. The third-order valence-corrected chi connectivity index (χ3v) is 4.41. The van der Waals surface area contributed by atoms with Gasteiger partial charge in [-0.25, -0.2) is 9.59 Å². The van der Waals surface area contributed by atoms with Gasteiger partial charge in [0.05, 0.1) is 26.5 Å². The average molecular weight is 366 g/mol. The molecule has 1 aliphatic heterocycles. The fourth-order valence-electron chi connectivity index (χ4n) is 3.16. The van der Waals surface area contributed by atoms with E-state index in [1.807, 2.05) is 60.7 Å². The van der Waals surface area contributed by atoms with Gasteiger partial charge in [0.1, 0.15) is 5.70 Å². The van der Waals surface area contributed by atoms with Gasteiger partial charge >= 0.3 is 11.9 Å². The van der Waals surface area contributed by atoms with Crippen molar-refractivity contribution in [1.82, 2.24) is 4.90 Å². The van der Waals surface area contributed by atoms with Crippen LogP contribution in [0.3, 0.4) is 0 Å². The van der Waals surface area contributed by atoms with Crippen molar-refractivity contribution in [2.45, 2.75) is 6.54 Å². The maximum Gasteiger partial charge on any atom is 0.355 e. The Morgan fingerprint density at radius 1 is 0.889 bits per heavy atom. The summed E-state index contributed by atoms with van der Waals surface area (Å²) in [7, 11) is 2.62. The van der Waals surface area contributed by atoms with Crippen LogP contribution in [0.1, 0.15) is 5.56 Å². The SMILES string of the molecule is COC(=O)C1=C(C(=O)OC)N(c2ccccc2)CN(Cc2ccccc2)C1. The first-order valence-electron chi connectivity index (χ1n) is 8.62. The van der Waals surface area contributed by atoms with E-state index >= 15 is 0 Å². The third-order valence-electron chi connectivity index (χ3n) is 4.41. The van der Waals surface area contributed by atoms with Crippen LogP contribution in [-0.4, -0.2) is 44.3 Å². The molecule has 0 radical (unpaired) electrons. The Kier molecular flexibility index (Phi) is 5.88. The van der Waals surface area contributed by atoms with E-state index in [1.54, 1.807) is 4.90 Å². The van der Waals surface area contributed by atoms with Crippen LogP contribution in [0.2, 0.25) is 0 Å². The molecule has 0 fully saturated rings. The Hall–Kier alpha value is -3.12. The quantitative estimate of drug-likeness (QED) is 0.758. The fourth-order valence-corrected chi connectivity index (χ4v) is 3.16. The topological polar surface area (TPSA) is 59.1 Å². The van der Waals surface area contributed by atoms with E-state index in [0.29, 0.717) is 19.8 Å². The van der Waals surface area contributed by atoms with Crippen molar-refractivity contribution in [2.24, 2.45) is 0 Å². The molecule has 0 spiro atoms. The highest BCUT2D eigenvalue weighted by Crippen LogP contribution is 2.28. The number of carbonyl (C=O) groups excluding carboxylic acids is 2. The van der Waals surface area contributed by atoms with E-state index in [4.69, 9.17) is 9.47 Å². The van der Waals surface area contributed by atoms with Crippen molar-refractivity contribution in [3.63, 3.8) is 0 Å². The molecule has 0 saturated carbocycles. The first kappa shape index (κ1) is 18.7. The van der Waals surface area contributed by atoms with E-state index in [2.05, 4.69) is 4.90 Å². The fraction of sp³-hybridized carbons (Fsp3) is 0.238. The van der Waals surface area contributed by atoms with Gasteiger partial charge in [0.15, 0.2) is 0 Å². The summed E-state index contributed by atoms with van der Waals surface area (Å²) in [4.78, 5) is 28.8. The Balaban J connectivity index is 2.03. The molecule has 3 rings (SSSR count). The Labute approximate surface area is 158 Å². The van der Waals surface area contributed by atoms with Gasteiger partial charge < -0.3 is 14.4 Å². The van der Waals surface area contributed by atoms with Crippen molar-refractivity contribution in [1.29, 1.82) is 0 Å². The first-order chi connectivity index (χ1) is 13.1. The van der Waals surface area contributed by atoms with E-state index in [-0.39, 0.29) is 11.3 Å². The van der Waals surface area contributed by atoms with Gasteiger partial charge in [-0.2, -0.15) is 0 Å². The maximum atomic E-state index is 12.5. The van der Waals surface area contributed by atoms with Gasteiger partial charge in [-0.15, -0.1) is 0 Å². The number of benzene rings is 2. The highest BCUT2D eigenvalue weighted by Gasteiger charge is 2.34. The Morgan fingerprint density at radius 3 is 2.07 bits per heavy atom. The van der Waals surface area contributed by atoms with Crippen LogP contribution in [-0.2, 0) is 25.6 Å². The maximum absolute atomic E-state index is 12.5. The van der Waals surface area contributed by atoms with E-state index in [9.17, 15) is 9.59 Å². The molecule has 0 atom stereocenters. The number of ether oxygens (including phenoxy) is 2. The molecule has 6 nitrogen and oxygen atoms in total. The lowest BCUT2D eigenvalue weighted by Crippen LogP contribution is -2.47. The molecular formula is C21H22N2O4. The average Bonchev–Trinajstić information content (AvgIpc) is 2.73. The zero-order chi connectivity index (χ0) is 19.2. The van der Waals surface area contributed by atoms with Gasteiger partial charge in [0.25, 0.3) is 0 Å². The molecule has 140 valence electrons. The molecule has 6 heteroatoms. The van der Waals surface area contributed by atoms with Gasteiger partial charge in [0.2, 0.25) is 0 Å². The number of hydrogen-bond donors (Lipinski definition) is 0. The smallest absolute Gasteiger partial charge is 0.355 e. The summed E-state index contributed by atoms with van der Waals surface area (Å²) in [5.41, 5.74) is 2.43. The summed E-state index contributed by atoms with van der Waals surface area (Å²) in [6.45, 7) is 1.39. The lowest BCUT2D eigenvalue weighted by molar-refractivity contribution is -0.140. The number of anilines is 1. The van der Waals surface area contributed by atoms with Gasteiger partial charge in [-0.3, -0.25) is 4.90 Å². The highest BCUT2D eigenvalue weighted by molar-refractivity contribution is 6.03. The van der Waals surface area contributed by atoms with Crippen LogP contribution in [0, 0.1) is 0 Å². The van der Waals surface area contributed by atoms with E-state index in [1.165, 1.54) is 14.2 Å². The zero-order valence-electron chi connectivity index (χ0n) is 15.4. The molecule has 0 unspecified atom stereocenters. The standard InChI is InChI=1S/C21H22N2O4/c1-26-20(24)18-14-22(13-16-9-5-3-6-10-16)15-23(19(18)21(25)27-2)17-11-7-4-8-12-17/h3-12H,13-15H2,1-2H3. The molecule has 2 aromatic rings. The second-order valence-corrected chi connectivity index (χ2v) is 6.19. The summed E-state index contributed by atoms with van der Waals surface area (Å²) in [6, 6.07) is 19.4. The number of methoxy groups -OCH3 is 2. The molecule has 0 amide bonds. The minimum absolute atomic E-state index is 0.222. The van der Waals surface area contributed by atoms with Crippen LogP contribution in [0.15, 0.2) is 71.9 Å². The minimum atomic E-state index is -0.557. The Morgan fingerprint density at radius 2 is 1.48 bits per heavy atom. The van der Waals surface area contributed by atoms with Crippen molar-refractivity contribution < 1.29 is 19.1 Å². The van der Waals surface area contributed by atoms with Gasteiger partial charge in [-0.05, 0) is 17.7 Å². The van der Waals surface area contributed by atoms with E-state index in [0.717, 1.165) is 11.3 Å². The van der Waals surface area contributed by atoms with Crippen LogP contribution < -0.4 is 4.90 Å². The number of para-hydroxylation sites is 1. The van der Waals surface area contributed by atoms with Crippen LogP contribution >= 0.6 is 0 Å². The zero-order valence-corrected chi connectivity index (χ0v) is 15.4. The van der Waals surface area contributed by atoms with Crippen molar-refractivity contribution in [2.75, 3.05) is 32.3 Å². The Bertz CT molecular complexity index is 834. The lowest BCUT2D eigenvalue weighted by atomic mass is 10.1. The predicted molar refractivity (Wildman–Crippen MR) is 102 cm³/mol. The van der Waals surface area contributed by atoms with Crippen molar-refractivity contribution in [3.8, 4) is 0 Å². The molecule has 0 aromatic heterocycles. The molecule has 1 heterocycles. The minimum Gasteiger partial charge on any atom is -0.466 e. The summed E-state index contributed by atoms with van der Waals surface area (Å²) in [6.07, 6.45) is 0. The van der Waals surface area contributed by atoms with Crippen molar-refractivity contribution in [3.05, 3.63) is 77.5 Å². The molecule has 0 saturated heterocycles. The monoisotopic (exact) mass is 366 g/mol. The number of esters is 2. The summed E-state index contributed by atoms with van der Waals surface area (Å²) < 4.78 is 9.89. The first-order valence-corrected chi connectivity index (χ1v) is 8.62. The van der Waals surface area contributed by atoms with Crippen molar-refractivity contribution >= 4 is 17.6 Å². The molecule has 2 aromatic carbocycles. The van der Waals surface area contributed by atoms with E-state index < -0.39 is 11.9 Å². The van der Waals surface area contributed by atoms with Gasteiger partial charge in [0, 0.05) is 18.8 Å².